The van der Waals surface area contributed by atoms with E-state index in [1.165, 1.54) is 71.1 Å². The van der Waals surface area contributed by atoms with E-state index < -0.39 is 0 Å². The molecule has 3 aliphatic rings. The SMILES string of the molecule is C1CCC(CN(CC2CC2)CC2CCCN2)OC1. The maximum atomic E-state index is 5.91. The molecule has 2 atom stereocenters. The van der Waals surface area contributed by atoms with Crippen molar-refractivity contribution in [2.45, 2.75) is 57.1 Å². The van der Waals surface area contributed by atoms with Crippen LogP contribution in [-0.4, -0.2) is 49.8 Å². The van der Waals surface area contributed by atoms with Crippen molar-refractivity contribution in [2.24, 2.45) is 5.92 Å². The second-order valence-corrected chi connectivity index (χ2v) is 6.44. The Bertz CT molecular complexity index is 243. The quantitative estimate of drug-likeness (QED) is 0.783. The highest BCUT2D eigenvalue weighted by Gasteiger charge is 2.28. The van der Waals surface area contributed by atoms with Crippen molar-refractivity contribution < 1.29 is 4.74 Å². The molecule has 3 fully saturated rings. The molecule has 2 heterocycles. The first kappa shape index (κ1) is 12.9. The number of rotatable bonds is 6. The van der Waals surface area contributed by atoms with Crippen molar-refractivity contribution in [1.29, 1.82) is 0 Å². The summed E-state index contributed by atoms with van der Waals surface area (Å²) < 4.78 is 5.91. The Kier molecular flexibility index (Phi) is 4.55. The average Bonchev–Trinajstić information content (AvgIpc) is 3.05. The normalized spacial score (nSPS) is 33.2. The Morgan fingerprint density at radius 3 is 2.56 bits per heavy atom. The number of ether oxygens (including phenoxy) is 1. The topological polar surface area (TPSA) is 24.5 Å². The lowest BCUT2D eigenvalue weighted by Gasteiger charge is -2.31. The van der Waals surface area contributed by atoms with E-state index in [2.05, 4.69) is 10.2 Å². The van der Waals surface area contributed by atoms with Gasteiger partial charge in [0.15, 0.2) is 0 Å². The van der Waals surface area contributed by atoms with Crippen LogP contribution in [0.1, 0.15) is 44.9 Å². The van der Waals surface area contributed by atoms with Crippen molar-refractivity contribution in [1.82, 2.24) is 10.2 Å². The standard InChI is InChI=1S/C15H28N2O/c1-2-9-18-15(5-1)12-17(10-13-6-7-13)11-14-4-3-8-16-14/h13-16H,1-12H2. The van der Waals surface area contributed by atoms with E-state index in [-0.39, 0.29) is 0 Å². The average molecular weight is 252 g/mol. The van der Waals surface area contributed by atoms with Gasteiger partial charge < -0.3 is 10.1 Å². The summed E-state index contributed by atoms with van der Waals surface area (Å²) in [6.07, 6.45) is 10.1. The predicted molar refractivity (Wildman–Crippen MR) is 73.8 cm³/mol. The lowest BCUT2D eigenvalue weighted by molar-refractivity contribution is -0.00760. The summed E-state index contributed by atoms with van der Waals surface area (Å²) in [5.41, 5.74) is 0. The van der Waals surface area contributed by atoms with E-state index in [1.807, 2.05) is 0 Å². The first-order valence-electron chi connectivity index (χ1n) is 7.97. The van der Waals surface area contributed by atoms with Gasteiger partial charge in [0.1, 0.15) is 0 Å². The fourth-order valence-electron chi connectivity index (χ4n) is 3.35. The highest BCUT2D eigenvalue weighted by molar-refractivity contribution is 4.84. The van der Waals surface area contributed by atoms with Gasteiger partial charge in [-0.2, -0.15) is 0 Å². The fraction of sp³-hybridized carbons (Fsp3) is 1.00. The molecule has 3 rings (SSSR count). The first-order chi connectivity index (χ1) is 8.90. The molecule has 2 saturated heterocycles. The second kappa shape index (κ2) is 6.36. The van der Waals surface area contributed by atoms with Crippen LogP contribution in [0.4, 0.5) is 0 Å². The van der Waals surface area contributed by atoms with E-state index in [1.54, 1.807) is 0 Å². The third kappa shape index (κ3) is 3.94. The molecule has 18 heavy (non-hydrogen) atoms. The molecule has 0 amide bonds. The Morgan fingerprint density at radius 2 is 1.89 bits per heavy atom. The van der Waals surface area contributed by atoms with E-state index >= 15 is 0 Å². The summed E-state index contributed by atoms with van der Waals surface area (Å²) in [6.45, 7) is 5.95. The summed E-state index contributed by atoms with van der Waals surface area (Å²) in [5.74, 6) is 0.995. The third-order valence-corrected chi connectivity index (χ3v) is 4.59. The van der Waals surface area contributed by atoms with Crippen LogP contribution < -0.4 is 5.32 Å². The van der Waals surface area contributed by atoms with Gasteiger partial charge in [-0.25, -0.2) is 0 Å². The highest BCUT2D eigenvalue weighted by atomic mass is 16.5. The van der Waals surface area contributed by atoms with E-state index in [0.29, 0.717) is 6.10 Å². The molecule has 104 valence electrons. The zero-order valence-electron chi connectivity index (χ0n) is 11.6. The number of hydrogen-bond acceptors (Lipinski definition) is 3. The minimum absolute atomic E-state index is 0.513. The first-order valence-corrected chi connectivity index (χ1v) is 7.97. The lowest BCUT2D eigenvalue weighted by Crippen LogP contribution is -2.43. The van der Waals surface area contributed by atoms with Gasteiger partial charge in [-0.1, -0.05) is 0 Å². The monoisotopic (exact) mass is 252 g/mol. The van der Waals surface area contributed by atoms with Crippen LogP contribution in [0, 0.1) is 5.92 Å². The number of nitrogens with zero attached hydrogens (tertiary/aromatic N) is 1. The Balaban J connectivity index is 1.47. The van der Waals surface area contributed by atoms with Crippen molar-refractivity contribution in [3.05, 3.63) is 0 Å². The number of nitrogens with one attached hydrogen (secondary N) is 1. The van der Waals surface area contributed by atoms with Crippen LogP contribution in [0.2, 0.25) is 0 Å². The van der Waals surface area contributed by atoms with Crippen molar-refractivity contribution in [3.8, 4) is 0 Å². The van der Waals surface area contributed by atoms with Gasteiger partial charge in [-0.3, -0.25) is 4.90 Å². The second-order valence-electron chi connectivity index (χ2n) is 6.44. The van der Waals surface area contributed by atoms with Crippen molar-refractivity contribution >= 4 is 0 Å². The van der Waals surface area contributed by atoms with Gasteiger partial charge in [0.05, 0.1) is 6.10 Å². The molecule has 1 N–H and O–H groups in total. The van der Waals surface area contributed by atoms with Crippen LogP contribution >= 0.6 is 0 Å². The minimum atomic E-state index is 0.513. The summed E-state index contributed by atoms with van der Waals surface area (Å²) in [5, 5.41) is 3.64. The molecule has 3 nitrogen and oxygen atoms in total. The summed E-state index contributed by atoms with van der Waals surface area (Å²) in [4.78, 5) is 2.69. The molecule has 0 aromatic heterocycles. The molecule has 0 aromatic carbocycles. The van der Waals surface area contributed by atoms with Gasteiger partial charge in [0.2, 0.25) is 0 Å². The Labute approximate surface area is 111 Å². The van der Waals surface area contributed by atoms with Gasteiger partial charge in [-0.05, 0) is 57.4 Å². The zero-order chi connectivity index (χ0) is 12.2. The Morgan fingerprint density at radius 1 is 0.944 bits per heavy atom. The molecule has 0 bridgehead atoms. The Hall–Kier alpha value is -0.120. The molecule has 0 spiro atoms. The fourth-order valence-corrected chi connectivity index (χ4v) is 3.35. The predicted octanol–water partition coefficient (Wildman–Crippen LogP) is 2.02. The zero-order valence-corrected chi connectivity index (χ0v) is 11.6. The third-order valence-electron chi connectivity index (χ3n) is 4.59. The molecule has 2 unspecified atom stereocenters. The van der Waals surface area contributed by atoms with Gasteiger partial charge in [-0.15, -0.1) is 0 Å². The van der Waals surface area contributed by atoms with E-state index in [9.17, 15) is 0 Å². The molecule has 0 aromatic rings. The van der Waals surface area contributed by atoms with Gasteiger partial charge in [0, 0.05) is 32.3 Å². The minimum Gasteiger partial charge on any atom is -0.377 e. The van der Waals surface area contributed by atoms with Gasteiger partial charge >= 0.3 is 0 Å². The molecule has 1 saturated carbocycles. The summed E-state index contributed by atoms with van der Waals surface area (Å²) in [7, 11) is 0. The van der Waals surface area contributed by atoms with Crippen molar-refractivity contribution in [3.63, 3.8) is 0 Å². The van der Waals surface area contributed by atoms with E-state index in [4.69, 9.17) is 4.74 Å². The summed E-state index contributed by atoms with van der Waals surface area (Å²) >= 11 is 0. The maximum Gasteiger partial charge on any atom is 0.0702 e. The van der Waals surface area contributed by atoms with Crippen LogP contribution in [0.25, 0.3) is 0 Å². The molecular formula is C15H28N2O. The van der Waals surface area contributed by atoms with Crippen LogP contribution in [0.15, 0.2) is 0 Å². The van der Waals surface area contributed by atoms with Crippen LogP contribution in [-0.2, 0) is 4.74 Å². The summed E-state index contributed by atoms with van der Waals surface area (Å²) in [6, 6.07) is 0.743. The van der Waals surface area contributed by atoms with Crippen molar-refractivity contribution in [2.75, 3.05) is 32.8 Å². The van der Waals surface area contributed by atoms with E-state index in [0.717, 1.165) is 18.6 Å². The maximum absolute atomic E-state index is 5.91. The molecule has 2 aliphatic heterocycles. The van der Waals surface area contributed by atoms with Crippen LogP contribution in [0.5, 0.6) is 0 Å². The molecule has 0 radical (unpaired) electrons. The number of hydrogen-bond donors (Lipinski definition) is 1. The highest BCUT2D eigenvalue weighted by Crippen LogP contribution is 2.30. The largest absolute Gasteiger partial charge is 0.377 e. The lowest BCUT2D eigenvalue weighted by atomic mass is 10.1. The molecule has 1 aliphatic carbocycles. The molecule has 3 heteroatoms. The van der Waals surface area contributed by atoms with Gasteiger partial charge in [0.25, 0.3) is 0 Å². The smallest absolute Gasteiger partial charge is 0.0702 e. The van der Waals surface area contributed by atoms with Crippen LogP contribution in [0.3, 0.4) is 0 Å². The molecular weight excluding hydrogens is 224 g/mol.